The van der Waals surface area contributed by atoms with Crippen molar-refractivity contribution in [1.29, 1.82) is 0 Å². The molecule has 0 saturated carbocycles. The van der Waals surface area contributed by atoms with Gasteiger partial charge in [-0.3, -0.25) is 0 Å². The van der Waals surface area contributed by atoms with E-state index in [-0.39, 0.29) is 17.5 Å². The highest BCUT2D eigenvalue weighted by Crippen LogP contribution is 2.29. The van der Waals surface area contributed by atoms with Crippen LogP contribution in [0.2, 0.25) is 5.02 Å². The maximum Gasteiger partial charge on any atom is 0.336 e. The Bertz CT molecular complexity index is 514. The highest BCUT2D eigenvalue weighted by molar-refractivity contribution is 7.90. The zero-order chi connectivity index (χ0) is 16.4. The van der Waals surface area contributed by atoms with Gasteiger partial charge in [-0.25, -0.2) is 4.79 Å². The number of hydrogen-bond acceptors (Lipinski definition) is 3. The Morgan fingerprint density at radius 3 is 2.38 bits per heavy atom. The monoisotopic (exact) mass is 331 g/mol. The number of benzene rings is 1. The molecule has 0 bridgehead atoms. The standard InChI is InChI=1S/C15H22ClNO3S/c1-9(2)13(17-21(20)15(3,4)5)11-7-6-10(16)8-12(11)14(18)19/h6-9,13,17H,1-5H3,(H,18,19)/t13-,21?/m0/s1. The summed E-state index contributed by atoms with van der Waals surface area (Å²) < 4.78 is 15.0. The van der Waals surface area contributed by atoms with Crippen LogP contribution in [0.5, 0.6) is 0 Å². The van der Waals surface area contributed by atoms with Crippen molar-refractivity contribution in [2.45, 2.75) is 45.4 Å². The van der Waals surface area contributed by atoms with Crippen LogP contribution < -0.4 is 4.72 Å². The first-order chi connectivity index (χ1) is 9.54. The lowest BCUT2D eigenvalue weighted by Crippen LogP contribution is -2.43. The molecule has 2 N–H and O–H groups in total. The van der Waals surface area contributed by atoms with Crippen LogP contribution in [0.1, 0.15) is 56.6 Å². The Kier molecular flexibility index (Phi) is 6.11. The molecule has 4 nitrogen and oxygen atoms in total. The van der Waals surface area contributed by atoms with Crippen LogP contribution in [-0.2, 0) is 11.4 Å². The molecule has 21 heavy (non-hydrogen) atoms. The Hall–Kier alpha value is -0.750. The molecular formula is C15H22ClNO3S. The van der Waals surface area contributed by atoms with Crippen molar-refractivity contribution in [2.24, 2.45) is 5.92 Å². The molecule has 0 amide bonds. The number of nitrogens with one attached hydrogen (secondary N) is 1. The van der Waals surface area contributed by atoms with E-state index in [0.29, 0.717) is 10.6 Å². The van der Waals surface area contributed by atoms with Gasteiger partial charge >= 0.3 is 5.97 Å². The predicted molar refractivity (Wildman–Crippen MR) is 87.0 cm³/mol. The molecule has 1 rings (SSSR count). The summed E-state index contributed by atoms with van der Waals surface area (Å²) in [7, 11) is 0. The van der Waals surface area contributed by atoms with Crippen molar-refractivity contribution in [3.05, 3.63) is 34.3 Å². The summed E-state index contributed by atoms with van der Waals surface area (Å²) in [5.74, 6) is -0.961. The third kappa shape index (κ3) is 4.88. The van der Waals surface area contributed by atoms with Crippen LogP contribution in [-0.4, -0.2) is 20.4 Å². The van der Waals surface area contributed by atoms with Gasteiger partial charge in [-0.2, -0.15) is 0 Å². The molecule has 0 aliphatic heterocycles. The maximum absolute atomic E-state index is 12.3. The molecule has 1 aromatic rings. The largest absolute Gasteiger partial charge is 0.598 e. The second-order valence-corrected chi connectivity index (χ2v) is 8.69. The first-order valence-electron chi connectivity index (χ1n) is 6.75. The molecule has 0 aliphatic rings. The lowest BCUT2D eigenvalue weighted by Gasteiger charge is -2.30. The van der Waals surface area contributed by atoms with E-state index in [4.69, 9.17) is 11.6 Å². The zero-order valence-corrected chi connectivity index (χ0v) is 14.5. The highest BCUT2D eigenvalue weighted by Gasteiger charge is 2.32. The number of carboxylic acids is 1. The Labute approximate surface area is 134 Å². The maximum atomic E-state index is 12.3. The number of rotatable bonds is 5. The fourth-order valence-corrected chi connectivity index (χ4v) is 2.99. The summed E-state index contributed by atoms with van der Waals surface area (Å²) in [6.07, 6.45) is 0. The van der Waals surface area contributed by atoms with Gasteiger partial charge in [-0.05, 0) is 44.4 Å². The van der Waals surface area contributed by atoms with E-state index in [1.54, 1.807) is 12.1 Å². The minimum absolute atomic E-state index is 0.0792. The fraction of sp³-hybridized carbons (Fsp3) is 0.533. The number of carbonyl (C=O) groups is 1. The molecule has 0 fully saturated rings. The van der Waals surface area contributed by atoms with E-state index in [1.165, 1.54) is 6.07 Å². The fourth-order valence-electron chi connectivity index (χ4n) is 1.84. The summed E-state index contributed by atoms with van der Waals surface area (Å²) in [4.78, 5) is 11.4. The van der Waals surface area contributed by atoms with E-state index >= 15 is 0 Å². The van der Waals surface area contributed by atoms with E-state index in [1.807, 2.05) is 34.6 Å². The van der Waals surface area contributed by atoms with E-state index in [0.717, 1.165) is 0 Å². The molecule has 6 heteroatoms. The number of halogens is 1. The summed E-state index contributed by atoms with van der Waals surface area (Å²) in [6.45, 7) is 9.52. The number of carboxylic acid groups (broad SMARTS) is 1. The molecule has 0 radical (unpaired) electrons. The van der Waals surface area contributed by atoms with Crippen molar-refractivity contribution >= 4 is 28.9 Å². The van der Waals surface area contributed by atoms with Gasteiger partial charge in [0.2, 0.25) is 0 Å². The van der Waals surface area contributed by atoms with Gasteiger partial charge in [-0.15, -0.1) is 4.72 Å². The van der Waals surface area contributed by atoms with Crippen LogP contribution in [0.3, 0.4) is 0 Å². The molecular weight excluding hydrogens is 310 g/mol. The van der Waals surface area contributed by atoms with Crippen LogP contribution in [0.4, 0.5) is 0 Å². The molecule has 1 unspecified atom stereocenters. The van der Waals surface area contributed by atoms with Gasteiger partial charge in [0.15, 0.2) is 0 Å². The summed E-state index contributed by atoms with van der Waals surface area (Å²) in [5, 5.41) is 9.72. The SMILES string of the molecule is CC(C)[C@H](N[S+]([O-])C(C)(C)C)c1ccc(Cl)cc1C(=O)O. The third-order valence-electron chi connectivity index (χ3n) is 3.04. The van der Waals surface area contributed by atoms with Crippen molar-refractivity contribution in [1.82, 2.24) is 4.72 Å². The van der Waals surface area contributed by atoms with Crippen LogP contribution >= 0.6 is 11.6 Å². The zero-order valence-electron chi connectivity index (χ0n) is 12.9. The lowest BCUT2D eigenvalue weighted by atomic mass is 9.93. The van der Waals surface area contributed by atoms with Crippen molar-refractivity contribution in [3.8, 4) is 0 Å². The average molecular weight is 332 g/mol. The topological polar surface area (TPSA) is 72.4 Å². The quantitative estimate of drug-likeness (QED) is 0.805. The van der Waals surface area contributed by atoms with Gasteiger partial charge in [0, 0.05) is 16.4 Å². The van der Waals surface area contributed by atoms with Crippen LogP contribution in [0, 0.1) is 5.92 Å². The molecule has 2 atom stereocenters. The van der Waals surface area contributed by atoms with Crippen molar-refractivity contribution < 1.29 is 14.5 Å². The molecule has 0 aromatic heterocycles. The Morgan fingerprint density at radius 2 is 1.95 bits per heavy atom. The van der Waals surface area contributed by atoms with Crippen LogP contribution in [0.25, 0.3) is 0 Å². The second-order valence-electron chi connectivity index (χ2n) is 6.26. The first kappa shape index (κ1) is 18.3. The van der Waals surface area contributed by atoms with Gasteiger partial charge in [0.1, 0.15) is 4.75 Å². The molecule has 0 spiro atoms. The summed E-state index contributed by atoms with van der Waals surface area (Å²) in [5.41, 5.74) is 0.735. The smallest absolute Gasteiger partial charge is 0.336 e. The van der Waals surface area contributed by atoms with Crippen LogP contribution in [0.15, 0.2) is 18.2 Å². The molecule has 0 aliphatic carbocycles. The van der Waals surface area contributed by atoms with Gasteiger partial charge < -0.3 is 9.66 Å². The number of hydrogen-bond donors (Lipinski definition) is 2. The van der Waals surface area contributed by atoms with Gasteiger partial charge in [0.25, 0.3) is 0 Å². The summed E-state index contributed by atoms with van der Waals surface area (Å²) >= 11 is 4.59. The normalized spacial score (nSPS) is 15.0. The van der Waals surface area contributed by atoms with E-state index in [2.05, 4.69) is 4.72 Å². The molecule has 0 saturated heterocycles. The highest BCUT2D eigenvalue weighted by atomic mass is 35.5. The van der Waals surface area contributed by atoms with E-state index < -0.39 is 22.1 Å². The minimum Gasteiger partial charge on any atom is -0.598 e. The van der Waals surface area contributed by atoms with Gasteiger partial charge in [0.05, 0.1) is 11.6 Å². The molecule has 118 valence electrons. The van der Waals surface area contributed by atoms with Gasteiger partial charge in [-0.1, -0.05) is 31.5 Å². The van der Waals surface area contributed by atoms with Crippen molar-refractivity contribution in [2.75, 3.05) is 0 Å². The first-order valence-corrected chi connectivity index (χ1v) is 8.27. The number of aromatic carboxylic acids is 1. The Balaban J connectivity index is 3.21. The minimum atomic E-state index is -1.29. The average Bonchev–Trinajstić information content (AvgIpc) is 2.34. The predicted octanol–water partition coefficient (Wildman–Crippen LogP) is 3.79. The van der Waals surface area contributed by atoms with Crippen molar-refractivity contribution in [3.63, 3.8) is 0 Å². The molecule has 0 heterocycles. The molecule has 1 aromatic carbocycles. The third-order valence-corrected chi connectivity index (χ3v) is 4.85. The Morgan fingerprint density at radius 1 is 1.38 bits per heavy atom. The van der Waals surface area contributed by atoms with E-state index in [9.17, 15) is 14.5 Å². The second kappa shape index (κ2) is 7.01. The lowest BCUT2D eigenvalue weighted by molar-refractivity contribution is 0.0694. The summed E-state index contributed by atoms with van der Waals surface area (Å²) in [6, 6.07) is 4.44.